The van der Waals surface area contributed by atoms with Gasteiger partial charge in [0, 0.05) is 6.54 Å². The molecule has 2 unspecified atom stereocenters. The molecule has 1 aliphatic rings. The normalized spacial score (nSPS) is 16.4. The summed E-state index contributed by atoms with van der Waals surface area (Å²) < 4.78 is 0. The molecule has 0 aliphatic heterocycles. The summed E-state index contributed by atoms with van der Waals surface area (Å²) >= 11 is 0. The van der Waals surface area contributed by atoms with E-state index in [0.29, 0.717) is 11.8 Å². The molecule has 1 aliphatic carbocycles. The van der Waals surface area contributed by atoms with Crippen LogP contribution in [0.2, 0.25) is 0 Å². The summed E-state index contributed by atoms with van der Waals surface area (Å²) in [5.41, 5.74) is 7.78. The second kappa shape index (κ2) is 9.89. The van der Waals surface area contributed by atoms with Crippen LogP contribution in [0.1, 0.15) is 62.5 Å². The van der Waals surface area contributed by atoms with Crippen LogP contribution in [0.4, 0.5) is 0 Å². The molecule has 0 N–H and O–H groups in total. The van der Waals surface area contributed by atoms with Crippen molar-refractivity contribution < 1.29 is 0 Å². The zero-order valence-corrected chi connectivity index (χ0v) is 18.0. The molecule has 1 nitrogen and oxygen atoms in total. The number of benzene rings is 2. The summed E-state index contributed by atoms with van der Waals surface area (Å²) in [7, 11) is 4.35. The lowest BCUT2D eigenvalue weighted by Crippen LogP contribution is -2.14. The Kier molecular flexibility index (Phi) is 7.28. The molecule has 0 aromatic heterocycles. The highest BCUT2D eigenvalue weighted by molar-refractivity contribution is 5.45. The highest BCUT2D eigenvalue weighted by Gasteiger charge is 2.22. The Morgan fingerprint density at radius 2 is 1.32 bits per heavy atom. The van der Waals surface area contributed by atoms with Gasteiger partial charge in [-0.05, 0) is 73.9 Å². The van der Waals surface area contributed by atoms with Crippen LogP contribution in [0.25, 0.3) is 0 Å². The Hall–Kier alpha value is -2.12. The molecular weight excluding hydrogens is 338 g/mol. The maximum absolute atomic E-state index is 2.51. The number of hydrogen-bond donors (Lipinski definition) is 0. The highest BCUT2D eigenvalue weighted by atomic mass is 15.0. The third-order valence-electron chi connectivity index (χ3n) is 6.04. The molecular formula is C27H35N. The second-order valence-corrected chi connectivity index (χ2v) is 8.60. The van der Waals surface area contributed by atoms with Crippen LogP contribution in [0.3, 0.4) is 0 Å². The minimum Gasteiger partial charge on any atom is -0.309 e. The largest absolute Gasteiger partial charge is 0.309 e. The van der Waals surface area contributed by atoms with E-state index in [4.69, 9.17) is 0 Å². The molecule has 0 saturated heterocycles. The molecule has 0 saturated carbocycles. The fraction of sp³-hybridized carbons (Fsp3) is 0.407. The fourth-order valence-corrected chi connectivity index (χ4v) is 4.25. The summed E-state index contributed by atoms with van der Waals surface area (Å²) in [5, 5.41) is 0. The first kappa shape index (κ1) is 20.6. The first-order valence-electron chi connectivity index (χ1n) is 10.7. The first-order valence-corrected chi connectivity index (χ1v) is 10.7. The fourth-order valence-electron chi connectivity index (χ4n) is 4.25. The first-order chi connectivity index (χ1) is 13.5. The predicted molar refractivity (Wildman–Crippen MR) is 122 cm³/mol. The predicted octanol–water partition coefficient (Wildman–Crippen LogP) is 6.95. The Balaban J connectivity index is 1.78. The minimum atomic E-state index is 0.555. The second-order valence-electron chi connectivity index (χ2n) is 8.60. The van der Waals surface area contributed by atoms with E-state index < -0.39 is 0 Å². The van der Waals surface area contributed by atoms with Crippen molar-refractivity contribution in [2.75, 3.05) is 20.6 Å². The van der Waals surface area contributed by atoms with Crippen LogP contribution in [-0.2, 0) is 0 Å². The molecule has 1 heteroatoms. The Labute approximate surface area is 171 Å². The highest BCUT2D eigenvalue weighted by Crippen LogP contribution is 2.40. The summed E-state index contributed by atoms with van der Waals surface area (Å²) in [6, 6.07) is 21.9. The molecule has 3 rings (SSSR count). The van der Waals surface area contributed by atoms with Gasteiger partial charge in [-0.1, -0.05) is 86.2 Å². The van der Waals surface area contributed by atoms with Crippen molar-refractivity contribution in [2.45, 2.75) is 51.4 Å². The molecule has 0 heterocycles. The molecule has 28 heavy (non-hydrogen) atoms. The summed E-state index contributed by atoms with van der Waals surface area (Å²) in [5.74, 6) is 1.11. The molecule has 2 atom stereocenters. The van der Waals surface area contributed by atoms with Gasteiger partial charge in [-0.2, -0.15) is 0 Å². The SMILES string of the molecule is CC(CC1=CCC(CCN(C)C)=C1CC(C)c1ccccc1)c1ccccc1. The van der Waals surface area contributed by atoms with E-state index in [2.05, 4.69) is 99.6 Å². The van der Waals surface area contributed by atoms with Gasteiger partial charge in [0.15, 0.2) is 0 Å². The molecule has 2 aromatic carbocycles. The molecule has 0 spiro atoms. The molecule has 0 radical (unpaired) electrons. The topological polar surface area (TPSA) is 3.24 Å². The minimum absolute atomic E-state index is 0.555. The summed E-state index contributed by atoms with van der Waals surface area (Å²) in [6.07, 6.45) is 7.13. The van der Waals surface area contributed by atoms with E-state index >= 15 is 0 Å². The maximum Gasteiger partial charge on any atom is 0.00128 e. The van der Waals surface area contributed by atoms with Gasteiger partial charge >= 0.3 is 0 Å². The van der Waals surface area contributed by atoms with Gasteiger partial charge in [0.25, 0.3) is 0 Å². The van der Waals surface area contributed by atoms with Gasteiger partial charge in [0.1, 0.15) is 0 Å². The number of rotatable bonds is 9. The van der Waals surface area contributed by atoms with Crippen molar-refractivity contribution in [1.82, 2.24) is 4.90 Å². The van der Waals surface area contributed by atoms with E-state index in [0.717, 1.165) is 25.8 Å². The van der Waals surface area contributed by atoms with Crippen LogP contribution in [0, 0.1) is 0 Å². The molecule has 148 valence electrons. The number of allylic oxidation sites excluding steroid dienone is 3. The van der Waals surface area contributed by atoms with Gasteiger partial charge in [0.2, 0.25) is 0 Å². The summed E-state index contributed by atoms with van der Waals surface area (Å²) in [4.78, 5) is 2.30. The molecule has 0 amide bonds. The van der Waals surface area contributed by atoms with Crippen molar-refractivity contribution in [2.24, 2.45) is 0 Å². The van der Waals surface area contributed by atoms with Crippen LogP contribution >= 0.6 is 0 Å². The third-order valence-corrected chi connectivity index (χ3v) is 6.04. The van der Waals surface area contributed by atoms with Crippen LogP contribution < -0.4 is 0 Å². The quantitative estimate of drug-likeness (QED) is 0.459. The maximum atomic E-state index is 2.51. The van der Waals surface area contributed by atoms with E-state index in [9.17, 15) is 0 Å². The molecule has 0 bridgehead atoms. The van der Waals surface area contributed by atoms with E-state index in [1.54, 1.807) is 16.7 Å². The third kappa shape index (κ3) is 5.45. The van der Waals surface area contributed by atoms with Gasteiger partial charge in [-0.25, -0.2) is 0 Å². The smallest absolute Gasteiger partial charge is 0.00128 e. The lowest BCUT2D eigenvalue weighted by atomic mass is 9.85. The van der Waals surface area contributed by atoms with Crippen LogP contribution in [-0.4, -0.2) is 25.5 Å². The lowest BCUT2D eigenvalue weighted by molar-refractivity contribution is 0.411. The standard InChI is InChI=1S/C27H35N/c1-21(23-11-7-5-8-12-23)19-26-16-15-25(17-18-28(3)4)27(26)20-22(2)24-13-9-6-10-14-24/h5-14,16,21-22H,15,17-20H2,1-4H3. The van der Waals surface area contributed by atoms with E-state index in [-0.39, 0.29) is 0 Å². The monoisotopic (exact) mass is 373 g/mol. The zero-order chi connectivity index (χ0) is 19.9. The average molecular weight is 374 g/mol. The zero-order valence-electron chi connectivity index (χ0n) is 18.0. The van der Waals surface area contributed by atoms with E-state index in [1.807, 2.05) is 0 Å². The Bertz CT molecular complexity index is 799. The summed E-state index contributed by atoms with van der Waals surface area (Å²) in [6.45, 7) is 5.88. The molecule has 2 aromatic rings. The van der Waals surface area contributed by atoms with Crippen molar-refractivity contribution >= 4 is 0 Å². The lowest BCUT2D eigenvalue weighted by Gasteiger charge is -2.21. The van der Waals surface area contributed by atoms with Crippen molar-refractivity contribution in [3.05, 3.63) is 94.6 Å². The van der Waals surface area contributed by atoms with Crippen LogP contribution in [0.15, 0.2) is 83.5 Å². The van der Waals surface area contributed by atoms with Crippen molar-refractivity contribution in [3.63, 3.8) is 0 Å². The van der Waals surface area contributed by atoms with Crippen molar-refractivity contribution in [3.8, 4) is 0 Å². The number of nitrogens with zero attached hydrogens (tertiary/aromatic N) is 1. The van der Waals surface area contributed by atoms with Gasteiger partial charge < -0.3 is 4.90 Å². The molecule has 0 fully saturated rings. The van der Waals surface area contributed by atoms with Gasteiger partial charge in [-0.3, -0.25) is 0 Å². The average Bonchev–Trinajstić information content (AvgIpc) is 3.08. The van der Waals surface area contributed by atoms with Gasteiger partial charge in [0.05, 0.1) is 0 Å². The Morgan fingerprint density at radius 1 is 0.786 bits per heavy atom. The van der Waals surface area contributed by atoms with Crippen LogP contribution in [0.5, 0.6) is 0 Å². The van der Waals surface area contributed by atoms with Gasteiger partial charge in [-0.15, -0.1) is 0 Å². The Morgan fingerprint density at radius 3 is 1.86 bits per heavy atom. The van der Waals surface area contributed by atoms with Crippen molar-refractivity contribution in [1.29, 1.82) is 0 Å². The number of hydrogen-bond acceptors (Lipinski definition) is 1. The van der Waals surface area contributed by atoms with E-state index in [1.165, 1.54) is 17.5 Å².